The van der Waals surface area contributed by atoms with Crippen molar-refractivity contribution in [3.8, 4) is 0 Å². The lowest BCUT2D eigenvalue weighted by atomic mass is 9.55. The fourth-order valence-electron chi connectivity index (χ4n) is 2.78. The van der Waals surface area contributed by atoms with Crippen LogP contribution in [0, 0.1) is 11.3 Å². The molecule has 18 heavy (non-hydrogen) atoms. The molecule has 4 unspecified atom stereocenters. The number of methoxy groups -OCH3 is 1. The topological polar surface area (TPSA) is 55.6 Å². The number of carbonyl (C=O) groups is 1. The summed E-state index contributed by atoms with van der Waals surface area (Å²) < 4.78 is 5.59. The molecular formula is C14H28N2O2. The molecule has 0 bridgehead atoms. The van der Waals surface area contributed by atoms with Gasteiger partial charge in [-0.2, -0.15) is 0 Å². The van der Waals surface area contributed by atoms with Gasteiger partial charge in [-0.3, -0.25) is 4.79 Å². The molecule has 1 rings (SSSR count). The molecule has 4 heteroatoms. The highest BCUT2D eigenvalue weighted by atomic mass is 16.5. The van der Waals surface area contributed by atoms with Gasteiger partial charge in [0.15, 0.2) is 0 Å². The van der Waals surface area contributed by atoms with Gasteiger partial charge in [-0.1, -0.05) is 20.8 Å². The summed E-state index contributed by atoms with van der Waals surface area (Å²) in [6.45, 7) is 10.2. The second-order valence-corrected chi connectivity index (χ2v) is 6.47. The quantitative estimate of drug-likeness (QED) is 0.832. The van der Waals surface area contributed by atoms with Gasteiger partial charge in [0.2, 0.25) is 5.91 Å². The van der Waals surface area contributed by atoms with Crippen molar-refractivity contribution in [2.45, 2.75) is 58.7 Å². The lowest BCUT2D eigenvalue weighted by Gasteiger charge is -2.61. The predicted octanol–water partition coefficient (Wildman–Crippen LogP) is 1.63. The summed E-state index contributed by atoms with van der Waals surface area (Å²) in [5.74, 6) is -0.0126. The molecule has 1 aliphatic carbocycles. The highest BCUT2D eigenvalue weighted by molar-refractivity contribution is 5.79. The maximum Gasteiger partial charge on any atom is 0.226 e. The van der Waals surface area contributed by atoms with Crippen LogP contribution in [0.2, 0.25) is 0 Å². The van der Waals surface area contributed by atoms with Crippen LogP contribution in [-0.4, -0.2) is 42.6 Å². The van der Waals surface area contributed by atoms with Crippen molar-refractivity contribution in [3.63, 3.8) is 0 Å². The highest BCUT2D eigenvalue weighted by Gasteiger charge is 2.60. The highest BCUT2D eigenvalue weighted by Crippen LogP contribution is 2.53. The van der Waals surface area contributed by atoms with Crippen LogP contribution in [-0.2, 0) is 9.53 Å². The largest absolute Gasteiger partial charge is 0.378 e. The van der Waals surface area contributed by atoms with E-state index in [1.165, 1.54) is 0 Å². The van der Waals surface area contributed by atoms with E-state index in [1.807, 2.05) is 25.8 Å². The van der Waals surface area contributed by atoms with Crippen molar-refractivity contribution in [1.29, 1.82) is 0 Å². The Hall–Kier alpha value is -0.610. The summed E-state index contributed by atoms with van der Waals surface area (Å²) in [4.78, 5) is 14.2. The Morgan fingerprint density at radius 3 is 2.22 bits per heavy atom. The Kier molecular flexibility index (Phi) is 4.13. The van der Waals surface area contributed by atoms with Crippen molar-refractivity contribution in [2.75, 3.05) is 14.2 Å². The van der Waals surface area contributed by atoms with Gasteiger partial charge in [0.25, 0.3) is 0 Å². The Balaban J connectivity index is 2.77. The van der Waals surface area contributed by atoms with Gasteiger partial charge in [-0.05, 0) is 20.3 Å². The monoisotopic (exact) mass is 256 g/mol. The van der Waals surface area contributed by atoms with E-state index in [1.54, 1.807) is 7.11 Å². The maximum absolute atomic E-state index is 12.3. The molecule has 2 N–H and O–H groups in total. The maximum atomic E-state index is 12.3. The van der Waals surface area contributed by atoms with E-state index >= 15 is 0 Å². The van der Waals surface area contributed by atoms with Crippen LogP contribution in [0.1, 0.15) is 41.0 Å². The third kappa shape index (κ3) is 2.16. The van der Waals surface area contributed by atoms with Gasteiger partial charge in [-0.25, -0.2) is 0 Å². The van der Waals surface area contributed by atoms with Gasteiger partial charge >= 0.3 is 0 Å². The van der Waals surface area contributed by atoms with Crippen LogP contribution in [0.3, 0.4) is 0 Å². The Bertz CT molecular complexity index is 328. The molecular weight excluding hydrogens is 228 g/mol. The minimum Gasteiger partial charge on any atom is -0.378 e. The number of nitrogens with zero attached hydrogens (tertiary/aromatic N) is 1. The zero-order valence-corrected chi connectivity index (χ0v) is 12.8. The normalized spacial score (nSPS) is 33.4. The van der Waals surface area contributed by atoms with E-state index in [0.29, 0.717) is 0 Å². The van der Waals surface area contributed by atoms with E-state index < -0.39 is 0 Å². The zero-order valence-electron chi connectivity index (χ0n) is 12.8. The summed E-state index contributed by atoms with van der Waals surface area (Å²) in [7, 11) is 3.62. The molecule has 0 heterocycles. The first-order valence-electron chi connectivity index (χ1n) is 6.66. The predicted molar refractivity (Wildman–Crippen MR) is 73.2 cm³/mol. The van der Waals surface area contributed by atoms with Gasteiger partial charge in [0, 0.05) is 31.7 Å². The molecule has 1 amide bonds. The number of rotatable bonds is 4. The second kappa shape index (κ2) is 4.82. The minimum absolute atomic E-state index is 0.0380. The van der Waals surface area contributed by atoms with Gasteiger partial charge in [0.1, 0.15) is 0 Å². The lowest BCUT2D eigenvalue weighted by Crippen LogP contribution is -2.69. The SMILES string of the molecule is COC1(C)CC(N(C)C(=O)C(C)C(C)N)C1(C)C. The van der Waals surface area contributed by atoms with E-state index in [0.717, 1.165) is 6.42 Å². The molecule has 0 radical (unpaired) electrons. The van der Waals surface area contributed by atoms with E-state index in [9.17, 15) is 4.79 Å². The zero-order chi connectivity index (χ0) is 14.3. The van der Waals surface area contributed by atoms with Gasteiger partial charge in [0.05, 0.1) is 11.5 Å². The Morgan fingerprint density at radius 1 is 1.39 bits per heavy atom. The molecule has 4 nitrogen and oxygen atoms in total. The molecule has 0 aromatic heterocycles. The molecule has 0 aromatic carbocycles. The molecule has 4 atom stereocenters. The smallest absolute Gasteiger partial charge is 0.226 e. The number of hydrogen-bond donors (Lipinski definition) is 1. The number of amides is 1. The summed E-state index contributed by atoms with van der Waals surface area (Å²) in [6.07, 6.45) is 0.879. The van der Waals surface area contributed by atoms with Crippen LogP contribution < -0.4 is 5.73 Å². The van der Waals surface area contributed by atoms with E-state index in [-0.39, 0.29) is 34.9 Å². The van der Waals surface area contributed by atoms with Crippen LogP contribution in [0.4, 0.5) is 0 Å². The van der Waals surface area contributed by atoms with Crippen LogP contribution in [0.15, 0.2) is 0 Å². The fourth-order valence-corrected chi connectivity index (χ4v) is 2.78. The van der Waals surface area contributed by atoms with Gasteiger partial charge in [-0.15, -0.1) is 0 Å². The summed E-state index contributed by atoms with van der Waals surface area (Å²) in [6, 6.07) is 0.105. The minimum atomic E-state index is -0.149. The van der Waals surface area contributed by atoms with Crippen LogP contribution in [0.25, 0.3) is 0 Å². The first-order valence-corrected chi connectivity index (χ1v) is 6.66. The molecule has 0 saturated heterocycles. The molecule has 106 valence electrons. The third-order valence-electron chi connectivity index (χ3n) is 5.22. The van der Waals surface area contributed by atoms with Crippen LogP contribution in [0.5, 0.6) is 0 Å². The van der Waals surface area contributed by atoms with E-state index in [4.69, 9.17) is 10.5 Å². The third-order valence-corrected chi connectivity index (χ3v) is 5.22. The first kappa shape index (κ1) is 15.4. The molecule has 0 aliphatic heterocycles. The van der Waals surface area contributed by atoms with Crippen molar-refractivity contribution in [1.82, 2.24) is 4.90 Å². The Labute approximate surface area is 111 Å². The average Bonchev–Trinajstić information content (AvgIpc) is 2.32. The lowest BCUT2D eigenvalue weighted by molar-refractivity contribution is -0.208. The van der Waals surface area contributed by atoms with Gasteiger partial charge < -0.3 is 15.4 Å². The summed E-state index contributed by atoms with van der Waals surface area (Å²) in [5.41, 5.74) is 5.62. The van der Waals surface area contributed by atoms with Crippen molar-refractivity contribution in [3.05, 3.63) is 0 Å². The van der Waals surface area contributed by atoms with E-state index in [2.05, 4.69) is 20.8 Å². The molecule has 0 spiro atoms. The molecule has 1 fully saturated rings. The number of nitrogens with two attached hydrogens (primary N) is 1. The molecule has 1 saturated carbocycles. The molecule has 1 aliphatic rings. The number of carbonyl (C=O) groups excluding carboxylic acids is 1. The summed E-state index contributed by atoms with van der Waals surface area (Å²) in [5, 5.41) is 0. The standard InChI is InChI=1S/C14H28N2O2/c1-9(10(2)15)12(17)16(6)11-8-14(5,18-7)13(11,3)4/h9-11H,8,15H2,1-7H3. The first-order chi connectivity index (χ1) is 8.08. The summed E-state index contributed by atoms with van der Waals surface area (Å²) >= 11 is 0. The number of ether oxygens (including phenoxy) is 1. The van der Waals surface area contributed by atoms with Crippen molar-refractivity contribution < 1.29 is 9.53 Å². The fraction of sp³-hybridized carbons (Fsp3) is 0.929. The average molecular weight is 256 g/mol. The van der Waals surface area contributed by atoms with Crippen molar-refractivity contribution >= 4 is 5.91 Å². The second-order valence-electron chi connectivity index (χ2n) is 6.47. The van der Waals surface area contributed by atoms with Crippen molar-refractivity contribution in [2.24, 2.45) is 17.1 Å². The Morgan fingerprint density at radius 2 is 1.89 bits per heavy atom. The van der Waals surface area contributed by atoms with Crippen LogP contribution >= 0.6 is 0 Å². The number of hydrogen-bond acceptors (Lipinski definition) is 3. The molecule has 0 aromatic rings.